The second-order valence-corrected chi connectivity index (χ2v) is 7.80. The lowest BCUT2D eigenvalue weighted by atomic mass is 9.95. The average Bonchev–Trinajstić information content (AvgIpc) is 2.76. The molecule has 1 aromatic heterocycles. The highest BCUT2D eigenvalue weighted by Gasteiger charge is 2.30. The third-order valence-electron chi connectivity index (χ3n) is 6.05. The largest absolute Gasteiger partial charge is 0.371 e. The van der Waals surface area contributed by atoms with Gasteiger partial charge in [0.2, 0.25) is 5.91 Å². The van der Waals surface area contributed by atoms with Gasteiger partial charge in [0.25, 0.3) is 11.5 Å². The second kappa shape index (κ2) is 8.53. The van der Waals surface area contributed by atoms with E-state index in [0.717, 1.165) is 37.0 Å². The molecule has 9 heteroatoms. The number of imide groups is 1. The van der Waals surface area contributed by atoms with E-state index in [1.54, 1.807) is 26.5 Å². The molecular weight excluding hydrogens is 388 g/mol. The molecule has 3 heterocycles. The van der Waals surface area contributed by atoms with Crippen molar-refractivity contribution in [1.82, 2.24) is 15.1 Å². The zero-order valence-corrected chi connectivity index (χ0v) is 17.2. The molecule has 2 amide bonds. The first-order valence-electron chi connectivity index (χ1n) is 10.2. The Balaban J connectivity index is 1.54. The van der Waals surface area contributed by atoms with E-state index >= 15 is 0 Å². The van der Waals surface area contributed by atoms with E-state index < -0.39 is 11.9 Å². The Kier molecular flexibility index (Phi) is 5.83. The average molecular weight is 414 g/mol. The zero-order valence-electron chi connectivity index (χ0n) is 17.2. The summed E-state index contributed by atoms with van der Waals surface area (Å²) >= 11 is 0. The molecule has 2 saturated heterocycles. The Morgan fingerprint density at radius 2 is 1.83 bits per heavy atom. The molecule has 1 unspecified atom stereocenters. The van der Waals surface area contributed by atoms with Crippen LogP contribution in [-0.4, -0.2) is 55.2 Å². The molecule has 2 fully saturated rings. The van der Waals surface area contributed by atoms with Crippen LogP contribution in [0.4, 0.5) is 5.69 Å². The Hall–Kier alpha value is -2.78. The number of benzene rings is 1. The minimum Gasteiger partial charge on any atom is -0.371 e. The molecule has 1 atom stereocenters. The van der Waals surface area contributed by atoms with Crippen molar-refractivity contribution in [3.63, 3.8) is 0 Å². The molecule has 0 bridgehead atoms. The van der Waals surface area contributed by atoms with Crippen molar-refractivity contribution >= 4 is 28.3 Å². The lowest BCUT2D eigenvalue weighted by Crippen LogP contribution is -2.45. The van der Waals surface area contributed by atoms with E-state index in [9.17, 15) is 14.4 Å². The van der Waals surface area contributed by atoms with E-state index in [1.807, 2.05) is 12.1 Å². The number of methoxy groups -OCH3 is 2. The van der Waals surface area contributed by atoms with Gasteiger partial charge < -0.3 is 14.4 Å². The zero-order chi connectivity index (χ0) is 21.3. The van der Waals surface area contributed by atoms with Gasteiger partial charge in [0, 0.05) is 50.7 Å². The van der Waals surface area contributed by atoms with Gasteiger partial charge in [-0.15, -0.1) is 0 Å². The molecule has 0 spiro atoms. The van der Waals surface area contributed by atoms with Gasteiger partial charge >= 0.3 is 0 Å². The first kappa shape index (κ1) is 20.5. The normalized spacial score (nSPS) is 20.8. The van der Waals surface area contributed by atoms with Crippen molar-refractivity contribution in [2.24, 2.45) is 5.92 Å². The number of nitrogens with one attached hydrogen (secondary N) is 1. The quantitative estimate of drug-likeness (QED) is 0.579. The number of hydrogen-bond donors (Lipinski definition) is 1. The van der Waals surface area contributed by atoms with Crippen LogP contribution in [0.1, 0.15) is 31.7 Å². The Morgan fingerprint density at radius 3 is 2.50 bits per heavy atom. The van der Waals surface area contributed by atoms with Crippen molar-refractivity contribution in [3.8, 4) is 0 Å². The van der Waals surface area contributed by atoms with E-state index in [0.29, 0.717) is 11.3 Å². The number of rotatable bonds is 5. The summed E-state index contributed by atoms with van der Waals surface area (Å²) < 4.78 is 12.0. The molecule has 160 valence electrons. The molecule has 2 aliphatic heterocycles. The van der Waals surface area contributed by atoms with Crippen molar-refractivity contribution in [2.45, 2.75) is 38.0 Å². The van der Waals surface area contributed by atoms with Gasteiger partial charge in [-0.3, -0.25) is 19.7 Å². The molecule has 2 aromatic rings. The number of nitrogens with zero attached hydrogens (tertiary/aromatic N) is 3. The predicted molar refractivity (Wildman–Crippen MR) is 110 cm³/mol. The van der Waals surface area contributed by atoms with Crippen LogP contribution in [0.25, 0.3) is 10.8 Å². The molecule has 1 aromatic carbocycles. The highest BCUT2D eigenvalue weighted by Crippen LogP contribution is 2.28. The van der Waals surface area contributed by atoms with Crippen LogP contribution in [0.5, 0.6) is 0 Å². The summed E-state index contributed by atoms with van der Waals surface area (Å²) in [6.45, 7) is 1.75. The predicted octanol–water partition coefficient (Wildman–Crippen LogP) is 1.21. The van der Waals surface area contributed by atoms with Gasteiger partial charge in [0.15, 0.2) is 6.29 Å². The van der Waals surface area contributed by atoms with Crippen LogP contribution >= 0.6 is 0 Å². The fraction of sp³-hybridized carbons (Fsp3) is 0.524. The number of fused-ring (bicyclic) bond motifs is 1. The summed E-state index contributed by atoms with van der Waals surface area (Å²) in [6.07, 6.45) is 3.82. The highest BCUT2D eigenvalue weighted by molar-refractivity contribution is 5.99. The van der Waals surface area contributed by atoms with E-state index in [4.69, 9.17) is 9.47 Å². The monoisotopic (exact) mass is 414 g/mol. The van der Waals surface area contributed by atoms with Crippen molar-refractivity contribution in [2.75, 3.05) is 32.2 Å². The maximum Gasteiger partial charge on any atom is 0.275 e. The number of amides is 2. The number of hydrogen-bond acceptors (Lipinski definition) is 7. The van der Waals surface area contributed by atoms with Crippen molar-refractivity contribution < 1.29 is 19.1 Å². The molecular formula is C21H26N4O5. The molecule has 1 N–H and O–H groups in total. The first-order chi connectivity index (χ1) is 14.5. The molecule has 4 rings (SSSR count). The van der Waals surface area contributed by atoms with E-state index in [-0.39, 0.29) is 30.6 Å². The number of anilines is 1. The van der Waals surface area contributed by atoms with Gasteiger partial charge in [-0.05, 0) is 37.5 Å². The Morgan fingerprint density at radius 1 is 1.10 bits per heavy atom. The van der Waals surface area contributed by atoms with Crippen LogP contribution < -0.4 is 15.8 Å². The van der Waals surface area contributed by atoms with Crippen LogP contribution in [0.3, 0.4) is 0 Å². The molecule has 0 aliphatic carbocycles. The third kappa shape index (κ3) is 3.82. The third-order valence-corrected chi connectivity index (χ3v) is 6.05. The van der Waals surface area contributed by atoms with Crippen LogP contribution in [0, 0.1) is 5.92 Å². The summed E-state index contributed by atoms with van der Waals surface area (Å²) in [4.78, 5) is 38.7. The SMILES string of the molecule is COC(OC)C1CCN(c2ccc3c(=O)n(C4CCC(=O)NC4=O)ncc3c2)CC1. The van der Waals surface area contributed by atoms with Gasteiger partial charge in [0.05, 0.1) is 11.6 Å². The van der Waals surface area contributed by atoms with Gasteiger partial charge in [-0.1, -0.05) is 0 Å². The van der Waals surface area contributed by atoms with Gasteiger partial charge in [0.1, 0.15) is 6.04 Å². The van der Waals surface area contributed by atoms with Crippen molar-refractivity contribution in [1.29, 1.82) is 0 Å². The van der Waals surface area contributed by atoms with Crippen LogP contribution in [0.15, 0.2) is 29.2 Å². The number of carbonyl (C=O) groups is 2. The van der Waals surface area contributed by atoms with Gasteiger partial charge in [-0.25, -0.2) is 4.68 Å². The van der Waals surface area contributed by atoms with Crippen LogP contribution in [0.2, 0.25) is 0 Å². The maximum atomic E-state index is 12.9. The van der Waals surface area contributed by atoms with E-state index in [1.165, 1.54) is 4.68 Å². The first-order valence-corrected chi connectivity index (χ1v) is 10.2. The molecule has 30 heavy (non-hydrogen) atoms. The smallest absolute Gasteiger partial charge is 0.275 e. The Bertz CT molecular complexity index is 1010. The lowest BCUT2D eigenvalue weighted by molar-refractivity contribution is -0.141. The topological polar surface area (TPSA) is 103 Å². The minimum absolute atomic E-state index is 0.182. The summed E-state index contributed by atoms with van der Waals surface area (Å²) in [5.41, 5.74) is 0.711. The summed E-state index contributed by atoms with van der Waals surface area (Å²) in [7, 11) is 3.33. The summed E-state index contributed by atoms with van der Waals surface area (Å²) in [5.74, 6) is -0.440. The van der Waals surface area contributed by atoms with Crippen molar-refractivity contribution in [3.05, 3.63) is 34.7 Å². The number of piperidine rings is 2. The number of carbonyl (C=O) groups excluding carboxylic acids is 2. The number of aromatic nitrogens is 2. The number of ether oxygens (including phenoxy) is 2. The molecule has 0 saturated carbocycles. The summed E-state index contributed by atoms with van der Waals surface area (Å²) in [6, 6.07) is 4.93. The Labute approximate surface area is 173 Å². The minimum atomic E-state index is -0.757. The fourth-order valence-corrected chi connectivity index (χ4v) is 4.40. The molecule has 9 nitrogen and oxygen atoms in total. The molecule has 0 radical (unpaired) electrons. The molecule has 2 aliphatic rings. The highest BCUT2D eigenvalue weighted by atomic mass is 16.7. The maximum absolute atomic E-state index is 12.9. The summed E-state index contributed by atoms with van der Waals surface area (Å²) in [5, 5.41) is 7.74. The fourth-order valence-electron chi connectivity index (χ4n) is 4.40. The van der Waals surface area contributed by atoms with Gasteiger partial charge in [-0.2, -0.15) is 5.10 Å². The van der Waals surface area contributed by atoms with Crippen LogP contribution in [-0.2, 0) is 19.1 Å². The van der Waals surface area contributed by atoms with E-state index in [2.05, 4.69) is 15.3 Å². The lowest BCUT2D eigenvalue weighted by Gasteiger charge is -2.36. The second-order valence-electron chi connectivity index (χ2n) is 7.80. The standard InChI is InChI=1S/C21H26N4O5/c1-29-21(30-2)13-7-9-24(10-8-13)15-3-4-16-14(11-15)12-22-25(20(16)28)17-5-6-18(26)23-19(17)27/h3-4,11-13,17,21H,5-10H2,1-2H3,(H,23,26,27).